The third kappa shape index (κ3) is 6.27. The molecular weight excluding hydrogens is 304 g/mol. The highest BCUT2D eigenvalue weighted by Crippen LogP contribution is 2.14. The van der Waals surface area contributed by atoms with Crippen molar-refractivity contribution < 1.29 is 8.42 Å². The maximum Gasteiger partial charge on any atom is 0.233 e. The highest BCUT2D eigenvalue weighted by molar-refractivity contribution is 7.92. The van der Waals surface area contributed by atoms with Gasteiger partial charge in [-0.05, 0) is 31.5 Å². The van der Waals surface area contributed by atoms with Crippen LogP contribution in [0, 0.1) is 13.8 Å². The van der Waals surface area contributed by atoms with Gasteiger partial charge < -0.3 is 0 Å². The first-order chi connectivity index (χ1) is 9.94. The average molecular weight is 326 g/mol. The average Bonchev–Trinajstić information content (AvgIpc) is 2.84. The van der Waals surface area contributed by atoms with Crippen molar-refractivity contribution in [2.75, 3.05) is 10.5 Å². The lowest BCUT2D eigenvalue weighted by Gasteiger charge is -2.07. The van der Waals surface area contributed by atoms with Crippen LogP contribution in [0.4, 0.5) is 5.69 Å². The second-order valence-electron chi connectivity index (χ2n) is 4.42. The van der Waals surface area contributed by atoms with Crippen LogP contribution < -0.4 is 4.72 Å². The van der Waals surface area contributed by atoms with Crippen LogP contribution in [0.25, 0.3) is 0 Å². The van der Waals surface area contributed by atoms with Gasteiger partial charge in [-0.3, -0.25) is 4.72 Å². The molecule has 0 fully saturated rings. The Morgan fingerprint density at radius 3 is 2.52 bits per heavy atom. The number of nitrogens with zero attached hydrogens (tertiary/aromatic N) is 1. The molecule has 2 aromatic rings. The Morgan fingerprint density at radius 1 is 1.24 bits per heavy atom. The summed E-state index contributed by atoms with van der Waals surface area (Å²) in [5.74, 6) is 0.0495. The van der Waals surface area contributed by atoms with Gasteiger partial charge in [0.1, 0.15) is 0 Å². The van der Waals surface area contributed by atoms with Gasteiger partial charge in [-0.25, -0.2) is 13.4 Å². The monoisotopic (exact) mass is 326 g/mol. The first-order valence-corrected chi connectivity index (χ1v) is 9.46. The number of benzene rings is 1. The van der Waals surface area contributed by atoms with Gasteiger partial charge in [-0.2, -0.15) is 0 Å². The van der Waals surface area contributed by atoms with Crippen LogP contribution >= 0.6 is 11.3 Å². The number of nitrogens with one attached hydrogen (secondary N) is 1. The molecule has 0 atom stereocenters. The van der Waals surface area contributed by atoms with Crippen LogP contribution in [0.15, 0.2) is 29.6 Å². The molecule has 1 aromatic heterocycles. The van der Waals surface area contributed by atoms with E-state index >= 15 is 0 Å². The van der Waals surface area contributed by atoms with Crippen LogP contribution in [0.3, 0.4) is 0 Å². The molecule has 0 aliphatic rings. The zero-order valence-electron chi connectivity index (χ0n) is 12.9. The quantitative estimate of drug-likeness (QED) is 0.910. The van der Waals surface area contributed by atoms with Gasteiger partial charge in [0.05, 0.1) is 10.8 Å². The van der Waals surface area contributed by atoms with Crippen LogP contribution in [-0.4, -0.2) is 19.2 Å². The smallest absolute Gasteiger partial charge is 0.233 e. The minimum Gasteiger partial charge on any atom is -0.284 e. The summed E-state index contributed by atoms with van der Waals surface area (Å²) in [6, 6.07) is 7.32. The van der Waals surface area contributed by atoms with Gasteiger partial charge >= 0.3 is 0 Å². The normalized spacial score (nSPS) is 10.7. The largest absolute Gasteiger partial charge is 0.284 e. The maximum atomic E-state index is 12.0. The predicted molar refractivity (Wildman–Crippen MR) is 90.5 cm³/mol. The number of anilines is 1. The highest BCUT2D eigenvalue weighted by atomic mass is 32.2. The summed E-state index contributed by atoms with van der Waals surface area (Å²) in [6.45, 7) is 7.83. The summed E-state index contributed by atoms with van der Waals surface area (Å²) in [5.41, 5.74) is 2.56. The standard InChI is InChI=1S/C13H16N2O2S2.C2H6/c1-10-4-3-5-12(8-10)15-19(16,17)7-6-13-14-11(2)9-18-13;1-2/h3-5,8-9,15H,6-7H2,1-2H3;1-2H3. The number of rotatable bonds is 5. The second-order valence-corrected chi connectivity index (χ2v) is 7.21. The van der Waals surface area contributed by atoms with Crippen LogP contribution in [0.2, 0.25) is 0 Å². The van der Waals surface area contributed by atoms with Crippen molar-refractivity contribution in [3.05, 3.63) is 45.9 Å². The molecule has 1 aromatic carbocycles. The molecule has 0 radical (unpaired) electrons. The Kier molecular flexibility index (Phi) is 6.84. The van der Waals surface area contributed by atoms with Crippen molar-refractivity contribution in [2.45, 2.75) is 34.1 Å². The molecule has 0 aliphatic carbocycles. The molecule has 1 heterocycles. The summed E-state index contributed by atoms with van der Waals surface area (Å²) in [6.07, 6.45) is 0.444. The molecule has 0 spiro atoms. The lowest BCUT2D eigenvalue weighted by molar-refractivity contribution is 0.600. The molecule has 2 rings (SSSR count). The first kappa shape index (κ1) is 17.7. The summed E-state index contributed by atoms with van der Waals surface area (Å²) < 4.78 is 26.5. The number of hydrogen-bond acceptors (Lipinski definition) is 4. The van der Waals surface area contributed by atoms with E-state index in [-0.39, 0.29) is 5.75 Å². The molecule has 116 valence electrons. The second kappa shape index (κ2) is 8.14. The Hall–Kier alpha value is -1.40. The summed E-state index contributed by atoms with van der Waals surface area (Å²) in [7, 11) is -3.32. The van der Waals surface area contributed by atoms with E-state index in [0.29, 0.717) is 12.1 Å². The van der Waals surface area contributed by atoms with E-state index in [1.165, 1.54) is 11.3 Å². The topological polar surface area (TPSA) is 59.1 Å². The summed E-state index contributed by atoms with van der Waals surface area (Å²) >= 11 is 1.50. The predicted octanol–water partition coefficient (Wildman–Crippen LogP) is 3.77. The molecule has 0 amide bonds. The van der Waals surface area contributed by atoms with Crippen molar-refractivity contribution in [2.24, 2.45) is 0 Å². The van der Waals surface area contributed by atoms with Gasteiger partial charge in [0, 0.05) is 23.2 Å². The van der Waals surface area contributed by atoms with Crippen molar-refractivity contribution >= 4 is 27.0 Å². The Labute approximate surface area is 131 Å². The molecule has 0 saturated carbocycles. The molecule has 0 bridgehead atoms. The van der Waals surface area contributed by atoms with Crippen molar-refractivity contribution in [1.29, 1.82) is 0 Å². The van der Waals surface area contributed by atoms with E-state index < -0.39 is 10.0 Å². The number of aryl methyl sites for hydroxylation is 3. The summed E-state index contributed by atoms with van der Waals surface area (Å²) in [5, 5.41) is 2.78. The van der Waals surface area contributed by atoms with Gasteiger partial charge in [-0.1, -0.05) is 26.0 Å². The Balaban J connectivity index is 0.00000106. The maximum absolute atomic E-state index is 12.0. The minimum atomic E-state index is -3.32. The lowest BCUT2D eigenvalue weighted by Crippen LogP contribution is -2.18. The van der Waals surface area contributed by atoms with Gasteiger partial charge in [0.2, 0.25) is 10.0 Å². The number of hydrogen-bond donors (Lipinski definition) is 1. The van der Waals surface area contributed by atoms with Crippen LogP contribution in [0.5, 0.6) is 0 Å². The van der Waals surface area contributed by atoms with Crippen molar-refractivity contribution in [1.82, 2.24) is 4.98 Å². The zero-order valence-corrected chi connectivity index (χ0v) is 14.5. The SMILES string of the molecule is CC.Cc1cccc(NS(=O)(=O)CCc2nc(C)cs2)c1. The van der Waals surface area contributed by atoms with Gasteiger partial charge in [0.15, 0.2) is 0 Å². The molecule has 4 nitrogen and oxygen atoms in total. The Morgan fingerprint density at radius 2 is 1.95 bits per heavy atom. The number of aromatic nitrogens is 1. The van der Waals surface area contributed by atoms with Crippen molar-refractivity contribution in [3.63, 3.8) is 0 Å². The van der Waals surface area contributed by atoms with Gasteiger partial charge in [0.25, 0.3) is 0 Å². The number of thiazole rings is 1. The third-order valence-electron chi connectivity index (χ3n) is 2.54. The first-order valence-electron chi connectivity index (χ1n) is 6.93. The molecule has 0 saturated heterocycles. The van der Waals surface area contributed by atoms with Crippen molar-refractivity contribution in [3.8, 4) is 0 Å². The molecule has 0 unspecified atom stereocenters. The fraction of sp³-hybridized carbons (Fsp3) is 0.400. The van der Waals surface area contributed by atoms with E-state index in [1.54, 1.807) is 6.07 Å². The summed E-state index contributed by atoms with van der Waals surface area (Å²) in [4.78, 5) is 4.26. The fourth-order valence-electron chi connectivity index (χ4n) is 1.68. The molecule has 21 heavy (non-hydrogen) atoms. The van der Waals surface area contributed by atoms with E-state index in [4.69, 9.17) is 0 Å². The fourth-order valence-corrected chi connectivity index (χ4v) is 3.63. The van der Waals surface area contributed by atoms with E-state index in [2.05, 4.69) is 9.71 Å². The lowest BCUT2D eigenvalue weighted by atomic mass is 10.2. The molecular formula is C15H22N2O2S2. The zero-order chi connectivity index (χ0) is 15.9. The van der Waals surface area contributed by atoms with E-state index in [9.17, 15) is 8.42 Å². The Bertz CT molecular complexity index is 664. The molecule has 1 N–H and O–H groups in total. The number of sulfonamides is 1. The highest BCUT2D eigenvalue weighted by Gasteiger charge is 2.12. The minimum absolute atomic E-state index is 0.0495. The van der Waals surface area contributed by atoms with E-state index in [1.807, 2.05) is 51.3 Å². The van der Waals surface area contributed by atoms with Crippen LogP contribution in [0.1, 0.15) is 30.1 Å². The van der Waals surface area contributed by atoms with Gasteiger partial charge in [-0.15, -0.1) is 11.3 Å². The molecule has 0 aliphatic heterocycles. The molecule has 6 heteroatoms. The van der Waals surface area contributed by atoms with E-state index in [0.717, 1.165) is 16.3 Å². The third-order valence-corrected chi connectivity index (χ3v) is 4.86. The van der Waals surface area contributed by atoms with Crippen LogP contribution in [-0.2, 0) is 16.4 Å².